The number of carbonyl (C=O) groups excluding carboxylic acids is 1. The van der Waals surface area contributed by atoms with E-state index in [-0.39, 0.29) is 5.97 Å². The first-order valence-corrected chi connectivity index (χ1v) is 9.00. The van der Waals surface area contributed by atoms with E-state index in [4.69, 9.17) is 4.74 Å². The van der Waals surface area contributed by atoms with Crippen molar-refractivity contribution >= 4 is 5.97 Å². The summed E-state index contributed by atoms with van der Waals surface area (Å²) in [5.74, 6) is -0.121. The van der Waals surface area contributed by atoms with Crippen LogP contribution in [0.4, 0.5) is 0 Å². The standard InChI is InChI=1S/C20H28N2O2/c1-3-24-19(23)20(17-7-5-4-6-8-17)11-9-18(10-12-20)22-15-13-21(2)14-16-22/h4-9,11,18H,3,10,12-16H2,1-2H3. The highest BCUT2D eigenvalue weighted by Gasteiger charge is 2.42. The van der Waals surface area contributed by atoms with Crippen LogP contribution < -0.4 is 0 Å². The number of hydrogen-bond donors (Lipinski definition) is 0. The van der Waals surface area contributed by atoms with Crippen LogP contribution in [-0.4, -0.2) is 61.6 Å². The van der Waals surface area contributed by atoms with Crippen LogP contribution in [0, 0.1) is 0 Å². The lowest BCUT2D eigenvalue weighted by Gasteiger charge is -2.41. The maximum atomic E-state index is 12.8. The van der Waals surface area contributed by atoms with Gasteiger partial charge in [-0.2, -0.15) is 0 Å². The van der Waals surface area contributed by atoms with Gasteiger partial charge in [0.2, 0.25) is 0 Å². The predicted octanol–water partition coefficient (Wildman–Crippen LogP) is 2.45. The van der Waals surface area contributed by atoms with E-state index in [9.17, 15) is 4.79 Å². The number of carbonyl (C=O) groups is 1. The van der Waals surface area contributed by atoms with Crippen molar-refractivity contribution in [3.8, 4) is 0 Å². The Morgan fingerprint density at radius 3 is 2.50 bits per heavy atom. The second-order valence-corrected chi connectivity index (χ2v) is 6.86. The highest BCUT2D eigenvalue weighted by molar-refractivity contribution is 5.86. The first kappa shape index (κ1) is 17.2. The molecule has 0 bridgehead atoms. The molecule has 1 heterocycles. The van der Waals surface area contributed by atoms with Crippen LogP contribution >= 0.6 is 0 Å². The molecule has 2 aliphatic rings. The Hall–Kier alpha value is -1.65. The Morgan fingerprint density at radius 1 is 1.21 bits per heavy atom. The number of ether oxygens (including phenoxy) is 1. The van der Waals surface area contributed by atoms with Crippen molar-refractivity contribution in [1.82, 2.24) is 9.80 Å². The van der Waals surface area contributed by atoms with Gasteiger partial charge in [-0.3, -0.25) is 9.69 Å². The van der Waals surface area contributed by atoms with Crippen LogP contribution in [0.3, 0.4) is 0 Å². The SMILES string of the molecule is CCOC(=O)C1(c2ccccc2)C=CC(N2CCN(C)CC2)CC1. The van der Waals surface area contributed by atoms with Crippen molar-refractivity contribution in [2.24, 2.45) is 0 Å². The normalized spacial score (nSPS) is 28.7. The van der Waals surface area contributed by atoms with Gasteiger partial charge in [-0.25, -0.2) is 0 Å². The van der Waals surface area contributed by atoms with Gasteiger partial charge in [0, 0.05) is 32.2 Å². The van der Waals surface area contributed by atoms with Gasteiger partial charge in [-0.1, -0.05) is 42.5 Å². The second kappa shape index (κ2) is 7.49. The molecule has 1 aromatic carbocycles. The van der Waals surface area contributed by atoms with E-state index in [0.29, 0.717) is 12.6 Å². The summed E-state index contributed by atoms with van der Waals surface area (Å²) in [6.45, 7) is 6.73. The molecule has 24 heavy (non-hydrogen) atoms. The van der Waals surface area contributed by atoms with Crippen LogP contribution in [0.2, 0.25) is 0 Å². The second-order valence-electron chi connectivity index (χ2n) is 6.86. The topological polar surface area (TPSA) is 32.8 Å². The Morgan fingerprint density at radius 2 is 1.92 bits per heavy atom. The summed E-state index contributed by atoms with van der Waals surface area (Å²) >= 11 is 0. The van der Waals surface area contributed by atoms with E-state index in [1.54, 1.807) is 0 Å². The highest BCUT2D eigenvalue weighted by atomic mass is 16.5. The van der Waals surface area contributed by atoms with Crippen molar-refractivity contribution in [3.63, 3.8) is 0 Å². The Balaban J connectivity index is 1.81. The van der Waals surface area contributed by atoms with Gasteiger partial charge in [-0.15, -0.1) is 0 Å². The fourth-order valence-corrected chi connectivity index (χ4v) is 3.81. The summed E-state index contributed by atoms with van der Waals surface area (Å²) in [4.78, 5) is 17.7. The van der Waals surface area contributed by atoms with Crippen molar-refractivity contribution in [2.45, 2.75) is 31.2 Å². The molecule has 0 radical (unpaired) electrons. The molecule has 4 nitrogen and oxygen atoms in total. The minimum atomic E-state index is -0.625. The van der Waals surface area contributed by atoms with Gasteiger partial charge in [0.25, 0.3) is 0 Å². The first-order chi connectivity index (χ1) is 11.7. The Labute approximate surface area is 145 Å². The molecule has 3 rings (SSSR count). The summed E-state index contributed by atoms with van der Waals surface area (Å²) in [7, 11) is 2.18. The number of nitrogens with zero attached hydrogens (tertiary/aromatic N) is 2. The average Bonchev–Trinajstić information content (AvgIpc) is 2.63. The lowest BCUT2D eigenvalue weighted by atomic mass is 9.72. The van der Waals surface area contributed by atoms with Crippen LogP contribution in [0.25, 0.3) is 0 Å². The lowest BCUT2D eigenvalue weighted by Crippen LogP contribution is -2.50. The number of rotatable bonds is 4. The Kier molecular flexibility index (Phi) is 5.36. The number of benzene rings is 1. The molecule has 1 aromatic rings. The molecule has 2 atom stereocenters. The lowest BCUT2D eigenvalue weighted by molar-refractivity contribution is -0.148. The molecule has 0 spiro atoms. The van der Waals surface area contributed by atoms with Gasteiger partial charge in [0.15, 0.2) is 0 Å². The van der Waals surface area contributed by atoms with E-state index < -0.39 is 5.41 Å². The van der Waals surface area contributed by atoms with E-state index in [0.717, 1.165) is 44.6 Å². The van der Waals surface area contributed by atoms with Gasteiger partial charge in [-0.05, 0) is 32.4 Å². The van der Waals surface area contributed by atoms with E-state index in [2.05, 4.69) is 29.0 Å². The van der Waals surface area contributed by atoms with Crippen LogP contribution in [0.15, 0.2) is 42.5 Å². The monoisotopic (exact) mass is 328 g/mol. The smallest absolute Gasteiger partial charge is 0.320 e. The van der Waals surface area contributed by atoms with Gasteiger partial charge < -0.3 is 9.64 Å². The first-order valence-electron chi connectivity index (χ1n) is 9.00. The molecule has 2 unspecified atom stereocenters. The largest absolute Gasteiger partial charge is 0.465 e. The number of likely N-dealkylation sites (N-methyl/N-ethyl adjacent to an activating group) is 1. The van der Waals surface area contributed by atoms with Crippen LogP contribution in [0.1, 0.15) is 25.3 Å². The summed E-state index contributed by atoms with van der Waals surface area (Å²) in [5.41, 5.74) is 0.414. The van der Waals surface area contributed by atoms with E-state index in [1.807, 2.05) is 37.3 Å². The third-order valence-corrected chi connectivity index (χ3v) is 5.37. The molecule has 0 amide bonds. The number of esters is 1. The van der Waals surface area contributed by atoms with E-state index in [1.165, 1.54) is 0 Å². The van der Waals surface area contributed by atoms with Crippen molar-refractivity contribution in [2.75, 3.05) is 39.8 Å². The summed E-state index contributed by atoms with van der Waals surface area (Å²) in [5, 5.41) is 0. The molecular weight excluding hydrogens is 300 g/mol. The summed E-state index contributed by atoms with van der Waals surface area (Å²) < 4.78 is 5.42. The third kappa shape index (κ3) is 3.40. The fraction of sp³-hybridized carbons (Fsp3) is 0.550. The minimum Gasteiger partial charge on any atom is -0.465 e. The van der Waals surface area contributed by atoms with Crippen LogP contribution in [0.5, 0.6) is 0 Å². The van der Waals surface area contributed by atoms with E-state index >= 15 is 0 Å². The maximum absolute atomic E-state index is 12.8. The van der Waals surface area contributed by atoms with Gasteiger partial charge in [0.05, 0.1) is 6.61 Å². The predicted molar refractivity (Wildman–Crippen MR) is 96.0 cm³/mol. The third-order valence-electron chi connectivity index (χ3n) is 5.37. The zero-order valence-electron chi connectivity index (χ0n) is 14.8. The molecule has 0 N–H and O–H groups in total. The van der Waals surface area contributed by atoms with Crippen LogP contribution in [-0.2, 0) is 14.9 Å². The van der Waals surface area contributed by atoms with Crippen molar-refractivity contribution < 1.29 is 9.53 Å². The number of piperazine rings is 1. The molecule has 4 heteroatoms. The zero-order chi connectivity index (χ0) is 17.0. The van der Waals surface area contributed by atoms with Crippen molar-refractivity contribution in [1.29, 1.82) is 0 Å². The maximum Gasteiger partial charge on any atom is 0.320 e. The summed E-state index contributed by atoms with van der Waals surface area (Å²) in [6, 6.07) is 10.5. The molecule has 1 fully saturated rings. The molecule has 1 saturated heterocycles. The van der Waals surface area contributed by atoms with Crippen molar-refractivity contribution in [3.05, 3.63) is 48.0 Å². The minimum absolute atomic E-state index is 0.121. The molecule has 1 aliphatic carbocycles. The number of hydrogen-bond acceptors (Lipinski definition) is 4. The Bertz CT molecular complexity index is 579. The zero-order valence-corrected chi connectivity index (χ0v) is 14.8. The highest BCUT2D eigenvalue weighted by Crippen LogP contribution is 2.37. The summed E-state index contributed by atoms with van der Waals surface area (Å²) in [6.07, 6.45) is 6.14. The molecule has 0 aromatic heterocycles. The molecular formula is C20H28N2O2. The molecule has 1 aliphatic heterocycles. The average molecular weight is 328 g/mol. The van der Waals surface area contributed by atoms with Gasteiger partial charge in [0.1, 0.15) is 5.41 Å². The van der Waals surface area contributed by atoms with Gasteiger partial charge >= 0.3 is 5.97 Å². The molecule has 0 saturated carbocycles. The molecule has 130 valence electrons. The fourth-order valence-electron chi connectivity index (χ4n) is 3.81. The quantitative estimate of drug-likeness (QED) is 0.628.